The molecule has 2 rings (SSSR count). The molecule has 1 aromatic carbocycles. The molecular weight excluding hydrogens is 372 g/mol. The standard InChI is InChI=1S/C16H20FN3OS.2ClH/c1-4-18-10(2)9-19-15(21)14-11(3)20-16(22-14)12-5-7-13(17)8-6-12;;/h5-8,10,18H,4,9H2,1-3H3,(H,19,21);2*1H/t10-;;/m1../s1. The number of amides is 1. The van der Waals surface area contributed by atoms with Crippen LogP contribution in [0.1, 0.15) is 29.2 Å². The molecule has 24 heavy (non-hydrogen) atoms. The van der Waals surface area contributed by atoms with Gasteiger partial charge in [0.05, 0.1) is 5.69 Å². The van der Waals surface area contributed by atoms with Gasteiger partial charge in [-0.15, -0.1) is 36.2 Å². The fraction of sp³-hybridized carbons (Fsp3) is 0.375. The Balaban J connectivity index is 0.00000264. The van der Waals surface area contributed by atoms with Gasteiger partial charge in [-0.25, -0.2) is 9.37 Å². The summed E-state index contributed by atoms with van der Waals surface area (Å²) in [6, 6.07) is 6.34. The second-order valence-electron chi connectivity index (χ2n) is 5.11. The van der Waals surface area contributed by atoms with E-state index in [0.29, 0.717) is 17.1 Å². The van der Waals surface area contributed by atoms with Gasteiger partial charge in [-0.1, -0.05) is 6.92 Å². The number of nitrogens with one attached hydrogen (secondary N) is 2. The number of aryl methyl sites for hydroxylation is 1. The highest BCUT2D eigenvalue weighted by atomic mass is 35.5. The molecule has 0 fully saturated rings. The second kappa shape index (κ2) is 10.6. The van der Waals surface area contributed by atoms with E-state index >= 15 is 0 Å². The Morgan fingerprint density at radius 2 is 1.92 bits per heavy atom. The minimum absolute atomic E-state index is 0. The van der Waals surface area contributed by atoms with E-state index in [1.165, 1.54) is 23.5 Å². The maximum Gasteiger partial charge on any atom is 0.263 e. The zero-order chi connectivity index (χ0) is 16.1. The highest BCUT2D eigenvalue weighted by molar-refractivity contribution is 7.17. The Morgan fingerprint density at radius 3 is 2.50 bits per heavy atom. The van der Waals surface area contributed by atoms with Crippen LogP contribution in [-0.2, 0) is 0 Å². The van der Waals surface area contributed by atoms with Gasteiger partial charge < -0.3 is 10.6 Å². The summed E-state index contributed by atoms with van der Waals surface area (Å²) in [5.41, 5.74) is 1.51. The molecule has 134 valence electrons. The summed E-state index contributed by atoms with van der Waals surface area (Å²) in [7, 11) is 0. The lowest BCUT2D eigenvalue weighted by atomic mass is 10.2. The number of nitrogens with zero attached hydrogens (tertiary/aromatic N) is 1. The Hall–Kier alpha value is -1.21. The van der Waals surface area contributed by atoms with E-state index in [-0.39, 0.29) is 42.6 Å². The Bertz CT molecular complexity index is 649. The summed E-state index contributed by atoms with van der Waals surface area (Å²) in [5.74, 6) is -0.402. The lowest BCUT2D eigenvalue weighted by Gasteiger charge is -2.12. The van der Waals surface area contributed by atoms with E-state index < -0.39 is 0 Å². The lowest BCUT2D eigenvalue weighted by Crippen LogP contribution is -2.38. The Labute approximate surface area is 158 Å². The predicted molar refractivity (Wildman–Crippen MR) is 102 cm³/mol. The van der Waals surface area contributed by atoms with Crippen LogP contribution in [-0.4, -0.2) is 30.0 Å². The molecule has 1 aromatic heterocycles. The normalized spacial score (nSPS) is 11.2. The summed E-state index contributed by atoms with van der Waals surface area (Å²) in [5, 5.41) is 6.87. The number of benzene rings is 1. The number of hydrogen-bond donors (Lipinski definition) is 2. The van der Waals surface area contributed by atoms with Gasteiger partial charge in [-0.3, -0.25) is 4.79 Å². The van der Waals surface area contributed by atoms with Crippen LogP contribution in [0, 0.1) is 12.7 Å². The van der Waals surface area contributed by atoms with Crippen molar-refractivity contribution < 1.29 is 9.18 Å². The first-order valence-electron chi connectivity index (χ1n) is 7.26. The summed E-state index contributed by atoms with van der Waals surface area (Å²) in [6.07, 6.45) is 0. The van der Waals surface area contributed by atoms with Crippen molar-refractivity contribution in [3.8, 4) is 10.6 Å². The number of rotatable bonds is 6. The molecule has 2 N–H and O–H groups in total. The SMILES string of the molecule is CCN[C@H](C)CNC(=O)c1sc(-c2ccc(F)cc2)nc1C.Cl.Cl. The minimum Gasteiger partial charge on any atom is -0.350 e. The van der Waals surface area contributed by atoms with Crippen LogP contribution in [0.2, 0.25) is 0 Å². The highest BCUT2D eigenvalue weighted by Gasteiger charge is 2.16. The molecule has 1 heterocycles. The van der Waals surface area contributed by atoms with Gasteiger partial charge in [0, 0.05) is 18.2 Å². The largest absolute Gasteiger partial charge is 0.350 e. The van der Waals surface area contributed by atoms with Crippen molar-refractivity contribution in [1.82, 2.24) is 15.6 Å². The van der Waals surface area contributed by atoms with Crippen molar-refractivity contribution in [2.24, 2.45) is 0 Å². The number of carbonyl (C=O) groups is 1. The third kappa shape index (κ3) is 6.02. The zero-order valence-electron chi connectivity index (χ0n) is 13.8. The van der Waals surface area contributed by atoms with Crippen LogP contribution >= 0.6 is 36.2 Å². The van der Waals surface area contributed by atoms with E-state index in [4.69, 9.17) is 0 Å². The molecule has 8 heteroatoms. The van der Waals surface area contributed by atoms with Gasteiger partial charge in [-0.2, -0.15) is 0 Å². The molecule has 2 aromatic rings. The van der Waals surface area contributed by atoms with Gasteiger partial charge in [0.2, 0.25) is 0 Å². The smallest absolute Gasteiger partial charge is 0.263 e. The molecule has 1 atom stereocenters. The fourth-order valence-electron chi connectivity index (χ4n) is 2.07. The number of hydrogen-bond acceptors (Lipinski definition) is 4. The van der Waals surface area contributed by atoms with E-state index in [2.05, 4.69) is 15.6 Å². The van der Waals surface area contributed by atoms with Crippen LogP contribution in [0.15, 0.2) is 24.3 Å². The molecule has 0 aliphatic rings. The van der Waals surface area contributed by atoms with Crippen molar-refractivity contribution in [3.05, 3.63) is 40.7 Å². The number of likely N-dealkylation sites (N-methyl/N-ethyl adjacent to an activating group) is 1. The predicted octanol–water partition coefficient (Wildman–Crippen LogP) is 3.83. The van der Waals surface area contributed by atoms with Gasteiger partial charge in [0.1, 0.15) is 15.7 Å². The molecule has 0 spiro atoms. The quantitative estimate of drug-likeness (QED) is 0.783. The summed E-state index contributed by atoms with van der Waals surface area (Å²) < 4.78 is 13.0. The van der Waals surface area contributed by atoms with E-state index in [1.807, 2.05) is 20.8 Å². The van der Waals surface area contributed by atoms with Crippen molar-refractivity contribution in [1.29, 1.82) is 0 Å². The van der Waals surface area contributed by atoms with E-state index in [1.54, 1.807) is 12.1 Å². The van der Waals surface area contributed by atoms with Crippen LogP contribution in [0.4, 0.5) is 4.39 Å². The summed E-state index contributed by atoms with van der Waals surface area (Å²) >= 11 is 1.33. The number of halogens is 3. The lowest BCUT2D eigenvalue weighted by molar-refractivity contribution is 0.0953. The van der Waals surface area contributed by atoms with Crippen molar-refractivity contribution in [2.45, 2.75) is 26.8 Å². The molecular formula is C16H22Cl2FN3OS. The number of carbonyl (C=O) groups excluding carboxylic acids is 1. The van der Waals surface area contributed by atoms with Crippen molar-refractivity contribution >= 4 is 42.1 Å². The molecule has 0 radical (unpaired) electrons. The molecule has 1 amide bonds. The topological polar surface area (TPSA) is 54.0 Å². The van der Waals surface area contributed by atoms with Gasteiger partial charge in [0.25, 0.3) is 5.91 Å². The van der Waals surface area contributed by atoms with E-state index in [9.17, 15) is 9.18 Å². The van der Waals surface area contributed by atoms with E-state index in [0.717, 1.165) is 17.1 Å². The molecule has 0 saturated carbocycles. The Kier molecular flexibility index (Phi) is 10.1. The molecule has 0 aliphatic heterocycles. The zero-order valence-corrected chi connectivity index (χ0v) is 16.2. The highest BCUT2D eigenvalue weighted by Crippen LogP contribution is 2.27. The first-order chi connectivity index (χ1) is 10.5. The average molecular weight is 394 g/mol. The fourth-order valence-corrected chi connectivity index (χ4v) is 3.06. The number of aromatic nitrogens is 1. The second-order valence-corrected chi connectivity index (χ2v) is 6.11. The van der Waals surface area contributed by atoms with Crippen molar-refractivity contribution in [3.63, 3.8) is 0 Å². The monoisotopic (exact) mass is 393 g/mol. The first kappa shape index (κ1) is 22.8. The van der Waals surface area contributed by atoms with Gasteiger partial charge in [-0.05, 0) is 44.7 Å². The summed E-state index contributed by atoms with van der Waals surface area (Å²) in [4.78, 5) is 17.3. The maximum atomic E-state index is 13.0. The van der Waals surface area contributed by atoms with Gasteiger partial charge >= 0.3 is 0 Å². The third-order valence-corrected chi connectivity index (χ3v) is 4.42. The van der Waals surface area contributed by atoms with Gasteiger partial charge in [0.15, 0.2) is 0 Å². The first-order valence-corrected chi connectivity index (χ1v) is 8.07. The van der Waals surface area contributed by atoms with Crippen LogP contribution in [0.25, 0.3) is 10.6 Å². The van der Waals surface area contributed by atoms with Crippen LogP contribution in [0.5, 0.6) is 0 Å². The minimum atomic E-state index is -0.285. The number of thiazole rings is 1. The maximum absolute atomic E-state index is 13.0. The third-order valence-electron chi connectivity index (χ3n) is 3.22. The molecule has 0 aliphatic carbocycles. The van der Waals surface area contributed by atoms with Crippen molar-refractivity contribution in [2.75, 3.05) is 13.1 Å². The summed E-state index contributed by atoms with van der Waals surface area (Å²) in [6.45, 7) is 7.29. The average Bonchev–Trinajstić information content (AvgIpc) is 2.88. The molecule has 4 nitrogen and oxygen atoms in total. The van der Waals surface area contributed by atoms with Crippen LogP contribution < -0.4 is 10.6 Å². The molecule has 0 unspecified atom stereocenters. The molecule has 0 bridgehead atoms. The van der Waals surface area contributed by atoms with Crippen LogP contribution in [0.3, 0.4) is 0 Å². The Morgan fingerprint density at radius 1 is 1.29 bits per heavy atom. The molecule has 0 saturated heterocycles.